The van der Waals surface area contributed by atoms with Crippen molar-refractivity contribution in [2.45, 2.75) is 19.8 Å². The van der Waals surface area contributed by atoms with Crippen molar-refractivity contribution in [3.05, 3.63) is 107 Å². The number of esters is 1. The highest BCUT2D eigenvalue weighted by Crippen LogP contribution is 2.28. The van der Waals surface area contributed by atoms with Gasteiger partial charge >= 0.3 is 5.97 Å². The topological polar surface area (TPSA) is 77.0 Å². The molecule has 0 aliphatic carbocycles. The summed E-state index contributed by atoms with van der Waals surface area (Å²) in [5, 5.41) is 6.11. The monoisotopic (exact) mass is 500 g/mol. The lowest BCUT2D eigenvalue weighted by Crippen LogP contribution is -2.24. The number of carbonyl (C=O) groups is 2. The van der Waals surface area contributed by atoms with E-state index in [2.05, 4.69) is 24.4 Å². The molecule has 0 fully saturated rings. The van der Waals surface area contributed by atoms with E-state index in [4.69, 9.17) is 21.1 Å². The molecule has 4 aromatic carbocycles. The molecule has 7 heteroatoms. The second-order valence-electron chi connectivity index (χ2n) is 8.37. The minimum Gasteiger partial charge on any atom is -0.484 e. The Morgan fingerprint density at radius 2 is 1.67 bits per heavy atom. The first-order valence-electron chi connectivity index (χ1n) is 11.5. The molecule has 0 saturated heterocycles. The number of benzene rings is 4. The van der Waals surface area contributed by atoms with Gasteiger partial charge in [-0.15, -0.1) is 0 Å². The van der Waals surface area contributed by atoms with Crippen molar-refractivity contribution in [1.29, 1.82) is 0 Å². The largest absolute Gasteiger partial charge is 0.484 e. The quantitative estimate of drug-likeness (QED) is 0.132. The number of hydrogen-bond acceptors (Lipinski definition) is 5. The van der Waals surface area contributed by atoms with Crippen LogP contribution in [0.3, 0.4) is 0 Å². The third kappa shape index (κ3) is 6.09. The third-order valence-corrected chi connectivity index (χ3v) is 5.86. The molecule has 0 saturated carbocycles. The van der Waals surface area contributed by atoms with Crippen molar-refractivity contribution in [3.8, 4) is 11.5 Å². The molecule has 182 valence electrons. The molecular weight excluding hydrogens is 476 g/mol. The van der Waals surface area contributed by atoms with Crippen LogP contribution < -0.4 is 14.9 Å². The van der Waals surface area contributed by atoms with Gasteiger partial charge in [0.05, 0.1) is 16.8 Å². The van der Waals surface area contributed by atoms with E-state index in [1.165, 1.54) is 11.8 Å². The average Bonchev–Trinajstić information content (AvgIpc) is 2.89. The van der Waals surface area contributed by atoms with Crippen LogP contribution >= 0.6 is 11.6 Å². The van der Waals surface area contributed by atoms with Crippen molar-refractivity contribution in [1.82, 2.24) is 5.43 Å². The van der Waals surface area contributed by atoms with E-state index in [-0.39, 0.29) is 17.9 Å². The van der Waals surface area contributed by atoms with Crippen LogP contribution in [0.25, 0.3) is 10.8 Å². The van der Waals surface area contributed by atoms with E-state index in [9.17, 15) is 9.59 Å². The van der Waals surface area contributed by atoms with Crippen molar-refractivity contribution >= 4 is 40.5 Å². The van der Waals surface area contributed by atoms with Gasteiger partial charge in [-0.05, 0) is 52.6 Å². The zero-order valence-electron chi connectivity index (χ0n) is 19.9. The molecule has 1 N–H and O–H groups in total. The average molecular weight is 501 g/mol. The lowest BCUT2D eigenvalue weighted by atomic mass is 10.0. The van der Waals surface area contributed by atoms with Gasteiger partial charge in [-0.25, -0.2) is 10.2 Å². The number of nitrogens with one attached hydrogen (secondary N) is 1. The molecule has 6 nitrogen and oxygen atoms in total. The number of fused-ring (bicyclic) bond motifs is 1. The first-order chi connectivity index (χ1) is 17.4. The molecule has 4 aromatic rings. The SMILES string of the molecule is CC(C)c1ccc(OCC(=O)NN=Cc2c(OC(=O)c3ccccc3Cl)ccc3ccccc23)cc1. The summed E-state index contributed by atoms with van der Waals surface area (Å²) in [7, 11) is 0. The molecule has 0 bridgehead atoms. The Morgan fingerprint density at radius 1 is 0.944 bits per heavy atom. The summed E-state index contributed by atoms with van der Waals surface area (Å²) in [5.41, 5.74) is 4.45. The van der Waals surface area contributed by atoms with Crippen molar-refractivity contribution < 1.29 is 19.1 Å². The highest BCUT2D eigenvalue weighted by Gasteiger charge is 2.16. The second kappa shape index (κ2) is 11.5. The van der Waals surface area contributed by atoms with Gasteiger partial charge in [0.1, 0.15) is 11.5 Å². The van der Waals surface area contributed by atoms with Gasteiger partial charge in [0.2, 0.25) is 0 Å². The smallest absolute Gasteiger partial charge is 0.345 e. The summed E-state index contributed by atoms with van der Waals surface area (Å²) >= 11 is 6.15. The maximum Gasteiger partial charge on any atom is 0.345 e. The fourth-order valence-corrected chi connectivity index (χ4v) is 3.79. The molecule has 0 atom stereocenters. The van der Waals surface area contributed by atoms with Crippen LogP contribution in [0.4, 0.5) is 0 Å². The highest BCUT2D eigenvalue weighted by atomic mass is 35.5. The zero-order chi connectivity index (χ0) is 25.5. The van der Waals surface area contributed by atoms with Gasteiger partial charge in [0.25, 0.3) is 5.91 Å². The molecule has 0 spiro atoms. The predicted octanol–water partition coefficient (Wildman–Crippen LogP) is 6.36. The summed E-state index contributed by atoms with van der Waals surface area (Å²) in [5.74, 6) is 0.291. The number of halogens is 1. The standard InChI is InChI=1S/C29H25ClN2O4/c1-19(2)20-11-14-22(15-12-20)35-18-28(33)32-31-17-25-23-8-4-3-7-21(23)13-16-27(25)36-29(34)24-9-5-6-10-26(24)30/h3-17,19H,18H2,1-2H3,(H,32,33). The first kappa shape index (κ1) is 24.9. The first-order valence-corrected chi connectivity index (χ1v) is 11.8. The number of hydrazone groups is 1. The van der Waals surface area contributed by atoms with Crippen molar-refractivity contribution in [3.63, 3.8) is 0 Å². The summed E-state index contributed by atoms with van der Waals surface area (Å²) in [6.45, 7) is 4.03. The molecular formula is C29H25ClN2O4. The molecule has 36 heavy (non-hydrogen) atoms. The van der Waals surface area contributed by atoms with E-state index < -0.39 is 11.9 Å². The van der Waals surface area contributed by atoms with Crippen LogP contribution in [0.1, 0.15) is 41.3 Å². The minimum absolute atomic E-state index is 0.192. The van der Waals surface area contributed by atoms with E-state index >= 15 is 0 Å². The Hall–Kier alpha value is -4.16. The number of carbonyl (C=O) groups excluding carboxylic acids is 2. The van der Waals surface area contributed by atoms with Gasteiger partial charge in [0.15, 0.2) is 6.61 Å². The molecule has 0 aliphatic heterocycles. The van der Waals surface area contributed by atoms with Gasteiger partial charge in [-0.1, -0.05) is 80.0 Å². The van der Waals surface area contributed by atoms with Crippen LogP contribution in [0.5, 0.6) is 11.5 Å². The Morgan fingerprint density at radius 3 is 2.42 bits per heavy atom. The van der Waals surface area contributed by atoms with Crippen LogP contribution in [0.2, 0.25) is 5.02 Å². The molecule has 0 aliphatic rings. The lowest BCUT2D eigenvalue weighted by Gasteiger charge is -2.11. The van der Waals surface area contributed by atoms with Crippen molar-refractivity contribution in [2.75, 3.05) is 6.61 Å². The van der Waals surface area contributed by atoms with Gasteiger partial charge < -0.3 is 9.47 Å². The molecule has 0 aromatic heterocycles. The number of nitrogens with zero attached hydrogens (tertiary/aromatic N) is 1. The summed E-state index contributed by atoms with van der Waals surface area (Å²) < 4.78 is 11.2. The number of ether oxygens (including phenoxy) is 2. The van der Waals surface area contributed by atoms with Crippen molar-refractivity contribution in [2.24, 2.45) is 5.10 Å². The fraction of sp³-hybridized carbons (Fsp3) is 0.138. The zero-order valence-corrected chi connectivity index (χ0v) is 20.7. The predicted molar refractivity (Wildman–Crippen MR) is 142 cm³/mol. The third-order valence-electron chi connectivity index (χ3n) is 5.53. The molecule has 0 heterocycles. The fourth-order valence-electron chi connectivity index (χ4n) is 3.58. The summed E-state index contributed by atoms with van der Waals surface area (Å²) in [6, 6.07) is 25.4. The van der Waals surface area contributed by atoms with Crippen LogP contribution in [-0.4, -0.2) is 24.7 Å². The Balaban J connectivity index is 1.47. The van der Waals surface area contributed by atoms with Crippen LogP contribution in [-0.2, 0) is 4.79 Å². The second-order valence-corrected chi connectivity index (χ2v) is 8.78. The maximum absolute atomic E-state index is 12.7. The van der Waals surface area contributed by atoms with E-state index in [0.29, 0.717) is 22.3 Å². The Bertz CT molecular complexity index is 1410. The van der Waals surface area contributed by atoms with Gasteiger partial charge in [-0.2, -0.15) is 5.10 Å². The minimum atomic E-state index is -0.591. The number of hydrogen-bond donors (Lipinski definition) is 1. The van der Waals surface area contributed by atoms with E-state index in [0.717, 1.165) is 10.8 Å². The number of rotatable bonds is 8. The van der Waals surface area contributed by atoms with Crippen LogP contribution in [0, 0.1) is 0 Å². The normalized spacial score (nSPS) is 11.1. The van der Waals surface area contributed by atoms with Gasteiger partial charge in [-0.3, -0.25) is 4.79 Å². The molecule has 1 amide bonds. The Labute approximate surface area is 214 Å². The van der Waals surface area contributed by atoms with Gasteiger partial charge in [0, 0.05) is 5.56 Å². The summed E-state index contributed by atoms with van der Waals surface area (Å²) in [6.07, 6.45) is 1.45. The number of amides is 1. The molecule has 0 unspecified atom stereocenters. The van der Waals surface area contributed by atoms with E-state index in [1.54, 1.807) is 30.3 Å². The highest BCUT2D eigenvalue weighted by molar-refractivity contribution is 6.33. The molecule has 4 rings (SSSR count). The lowest BCUT2D eigenvalue weighted by molar-refractivity contribution is -0.123. The Kier molecular flexibility index (Phi) is 7.98. The van der Waals surface area contributed by atoms with E-state index in [1.807, 2.05) is 54.6 Å². The molecule has 0 radical (unpaired) electrons. The summed E-state index contributed by atoms with van der Waals surface area (Å²) in [4.78, 5) is 25.0. The maximum atomic E-state index is 12.7. The van der Waals surface area contributed by atoms with Crippen LogP contribution in [0.15, 0.2) is 90.0 Å².